The fourth-order valence-corrected chi connectivity index (χ4v) is 2.44. The molecule has 0 saturated heterocycles. The number of halogens is 2. The molecule has 1 aliphatic rings. The van der Waals surface area contributed by atoms with E-state index in [-0.39, 0.29) is 12.5 Å². The highest BCUT2D eigenvalue weighted by Crippen LogP contribution is 2.39. The summed E-state index contributed by atoms with van der Waals surface area (Å²) < 4.78 is 0.797. The summed E-state index contributed by atoms with van der Waals surface area (Å²) in [5.41, 5.74) is -0.411. The van der Waals surface area contributed by atoms with E-state index in [1.165, 1.54) is 0 Å². The highest BCUT2D eigenvalue weighted by Gasteiger charge is 2.40. The van der Waals surface area contributed by atoms with Gasteiger partial charge in [0.2, 0.25) is 0 Å². The van der Waals surface area contributed by atoms with E-state index in [1.54, 1.807) is 25.1 Å². The molecular formula is C13H15BrClNO2. The maximum atomic E-state index is 12.0. The molecule has 1 saturated carbocycles. The smallest absolute Gasteiger partial charge is 0.252 e. The molecule has 1 unspecified atom stereocenters. The van der Waals surface area contributed by atoms with Gasteiger partial charge in [-0.2, -0.15) is 0 Å². The van der Waals surface area contributed by atoms with E-state index < -0.39 is 5.60 Å². The Balaban J connectivity index is 2.01. The van der Waals surface area contributed by atoms with Crippen LogP contribution in [-0.2, 0) is 0 Å². The first-order valence-electron chi connectivity index (χ1n) is 5.86. The van der Waals surface area contributed by atoms with Crippen molar-refractivity contribution in [2.45, 2.75) is 25.4 Å². The number of benzene rings is 1. The Labute approximate surface area is 120 Å². The molecule has 2 N–H and O–H groups in total. The van der Waals surface area contributed by atoms with Crippen LogP contribution in [0, 0.1) is 5.92 Å². The third-order valence-corrected chi connectivity index (χ3v) is 4.06. The topological polar surface area (TPSA) is 49.3 Å². The Morgan fingerprint density at radius 3 is 2.89 bits per heavy atom. The highest BCUT2D eigenvalue weighted by atomic mass is 79.9. The SMILES string of the molecule is CC(O)(CNC(=O)c1cc(Br)ccc1Cl)C1CC1. The number of carbonyl (C=O) groups is 1. The van der Waals surface area contributed by atoms with Gasteiger partial charge in [-0.1, -0.05) is 27.5 Å². The van der Waals surface area contributed by atoms with E-state index in [1.807, 2.05) is 0 Å². The maximum Gasteiger partial charge on any atom is 0.252 e. The minimum atomic E-state index is -0.825. The summed E-state index contributed by atoms with van der Waals surface area (Å²) in [6, 6.07) is 5.11. The highest BCUT2D eigenvalue weighted by molar-refractivity contribution is 9.10. The second kappa shape index (κ2) is 5.19. The number of rotatable bonds is 4. The van der Waals surface area contributed by atoms with Crippen molar-refractivity contribution >= 4 is 33.4 Å². The van der Waals surface area contributed by atoms with Gasteiger partial charge in [-0.3, -0.25) is 4.79 Å². The zero-order chi connectivity index (χ0) is 13.3. The standard InChI is InChI=1S/C13H15BrClNO2/c1-13(18,8-2-3-8)7-16-12(17)10-6-9(14)4-5-11(10)15/h4-6,8,18H,2-3,7H2,1H3,(H,16,17). The Kier molecular flexibility index (Phi) is 3.99. The molecule has 0 spiro atoms. The van der Waals surface area contributed by atoms with Crippen LogP contribution in [0.25, 0.3) is 0 Å². The summed E-state index contributed by atoms with van der Waals surface area (Å²) in [7, 11) is 0. The summed E-state index contributed by atoms with van der Waals surface area (Å²) in [6.07, 6.45) is 2.06. The molecule has 1 aromatic carbocycles. The number of amides is 1. The number of carbonyl (C=O) groups excluding carboxylic acids is 1. The lowest BCUT2D eigenvalue weighted by molar-refractivity contribution is 0.0354. The monoisotopic (exact) mass is 331 g/mol. The van der Waals surface area contributed by atoms with Gasteiger partial charge in [-0.15, -0.1) is 0 Å². The van der Waals surface area contributed by atoms with Crippen molar-refractivity contribution in [3.63, 3.8) is 0 Å². The predicted octanol–water partition coefficient (Wildman–Crippen LogP) is 2.99. The van der Waals surface area contributed by atoms with Crippen molar-refractivity contribution < 1.29 is 9.90 Å². The number of hydrogen-bond donors (Lipinski definition) is 2. The number of aliphatic hydroxyl groups is 1. The largest absolute Gasteiger partial charge is 0.388 e. The molecule has 1 amide bonds. The van der Waals surface area contributed by atoms with Crippen molar-refractivity contribution in [2.75, 3.05) is 6.54 Å². The molecule has 0 aliphatic heterocycles. The molecule has 1 aromatic rings. The summed E-state index contributed by atoms with van der Waals surface area (Å²) in [6.45, 7) is 2.01. The van der Waals surface area contributed by atoms with Crippen molar-refractivity contribution in [2.24, 2.45) is 5.92 Å². The molecule has 18 heavy (non-hydrogen) atoms. The van der Waals surface area contributed by atoms with E-state index in [9.17, 15) is 9.90 Å². The summed E-state index contributed by atoms with van der Waals surface area (Å²) in [5.74, 6) is 0.0398. The minimum absolute atomic E-state index is 0.249. The minimum Gasteiger partial charge on any atom is -0.388 e. The van der Waals surface area contributed by atoms with Crippen LogP contribution >= 0.6 is 27.5 Å². The molecule has 2 rings (SSSR count). The van der Waals surface area contributed by atoms with E-state index in [2.05, 4.69) is 21.2 Å². The average Bonchev–Trinajstić information content (AvgIpc) is 3.13. The lowest BCUT2D eigenvalue weighted by Crippen LogP contribution is -2.42. The van der Waals surface area contributed by atoms with Crippen LogP contribution in [0.4, 0.5) is 0 Å². The quantitative estimate of drug-likeness (QED) is 0.890. The summed E-state index contributed by atoms with van der Waals surface area (Å²) >= 11 is 9.27. The maximum absolute atomic E-state index is 12.0. The van der Waals surface area contributed by atoms with Gasteiger partial charge in [0.15, 0.2) is 0 Å². The van der Waals surface area contributed by atoms with E-state index in [0.29, 0.717) is 16.5 Å². The Morgan fingerprint density at radius 2 is 2.28 bits per heavy atom. The molecule has 98 valence electrons. The van der Waals surface area contributed by atoms with Crippen LogP contribution in [0.15, 0.2) is 22.7 Å². The van der Waals surface area contributed by atoms with Gasteiger partial charge in [0.05, 0.1) is 16.2 Å². The number of nitrogens with one attached hydrogen (secondary N) is 1. The van der Waals surface area contributed by atoms with Crippen molar-refractivity contribution in [3.05, 3.63) is 33.3 Å². The lowest BCUT2D eigenvalue weighted by Gasteiger charge is -2.23. The summed E-state index contributed by atoms with van der Waals surface area (Å²) in [4.78, 5) is 12.0. The fourth-order valence-electron chi connectivity index (χ4n) is 1.88. The fraction of sp³-hybridized carbons (Fsp3) is 0.462. The average molecular weight is 333 g/mol. The first-order valence-corrected chi connectivity index (χ1v) is 7.03. The van der Waals surface area contributed by atoms with Gasteiger partial charge >= 0.3 is 0 Å². The molecule has 0 heterocycles. The molecule has 1 fully saturated rings. The normalized spacial score (nSPS) is 18.2. The van der Waals surface area contributed by atoms with Gasteiger partial charge in [0, 0.05) is 11.0 Å². The van der Waals surface area contributed by atoms with Crippen LogP contribution in [0.1, 0.15) is 30.1 Å². The molecule has 3 nitrogen and oxygen atoms in total. The van der Waals surface area contributed by atoms with Crippen molar-refractivity contribution in [1.29, 1.82) is 0 Å². The van der Waals surface area contributed by atoms with Crippen LogP contribution in [0.2, 0.25) is 5.02 Å². The molecule has 1 atom stereocenters. The molecule has 0 aromatic heterocycles. The molecule has 1 aliphatic carbocycles. The predicted molar refractivity (Wildman–Crippen MR) is 74.8 cm³/mol. The van der Waals surface area contributed by atoms with Crippen LogP contribution in [0.3, 0.4) is 0 Å². The third-order valence-electron chi connectivity index (χ3n) is 3.24. The Hall–Kier alpha value is -0.580. The second-order valence-corrected chi connectivity index (χ2v) is 6.26. The second-order valence-electron chi connectivity index (χ2n) is 4.94. The first kappa shape index (κ1) is 13.8. The van der Waals surface area contributed by atoms with E-state index in [4.69, 9.17) is 11.6 Å². The van der Waals surface area contributed by atoms with Gasteiger partial charge in [-0.25, -0.2) is 0 Å². The van der Waals surface area contributed by atoms with E-state index >= 15 is 0 Å². The van der Waals surface area contributed by atoms with Gasteiger partial charge in [-0.05, 0) is 43.9 Å². The summed E-state index contributed by atoms with van der Waals surface area (Å²) in [5, 5.41) is 13.3. The molecule has 5 heteroatoms. The van der Waals surface area contributed by atoms with Crippen LogP contribution in [-0.4, -0.2) is 23.2 Å². The zero-order valence-electron chi connectivity index (χ0n) is 10.0. The van der Waals surface area contributed by atoms with Crippen LogP contribution in [0.5, 0.6) is 0 Å². The van der Waals surface area contributed by atoms with Crippen molar-refractivity contribution in [3.8, 4) is 0 Å². The Bertz CT molecular complexity index is 472. The van der Waals surface area contributed by atoms with Gasteiger partial charge in [0.25, 0.3) is 5.91 Å². The molecule has 0 radical (unpaired) electrons. The molecule has 0 bridgehead atoms. The number of hydrogen-bond acceptors (Lipinski definition) is 2. The van der Waals surface area contributed by atoms with Gasteiger partial charge < -0.3 is 10.4 Å². The lowest BCUT2D eigenvalue weighted by atomic mass is 10.0. The Morgan fingerprint density at radius 1 is 1.61 bits per heavy atom. The molecular weight excluding hydrogens is 318 g/mol. The van der Waals surface area contributed by atoms with Crippen molar-refractivity contribution in [1.82, 2.24) is 5.32 Å². The first-order chi connectivity index (χ1) is 8.40. The zero-order valence-corrected chi connectivity index (χ0v) is 12.4. The van der Waals surface area contributed by atoms with E-state index in [0.717, 1.165) is 17.3 Å². The van der Waals surface area contributed by atoms with Gasteiger partial charge in [0.1, 0.15) is 0 Å². The van der Waals surface area contributed by atoms with Crippen LogP contribution < -0.4 is 5.32 Å². The third kappa shape index (κ3) is 3.25.